The van der Waals surface area contributed by atoms with Crippen molar-refractivity contribution >= 4 is 59.9 Å². The quantitative estimate of drug-likeness (QED) is 0.607. The predicted molar refractivity (Wildman–Crippen MR) is 83.8 cm³/mol. The van der Waals surface area contributed by atoms with Crippen molar-refractivity contribution in [3.8, 4) is 0 Å². The molecule has 3 aromatic rings. The fourth-order valence-electron chi connectivity index (χ4n) is 1.90. The molecule has 0 N–H and O–H groups in total. The number of para-hydroxylation sites is 1. The molecule has 0 saturated carbocycles. The monoisotopic (exact) mass is 398 g/mol. The van der Waals surface area contributed by atoms with Crippen LogP contribution in [0.1, 0.15) is 10.4 Å². The van der Waals surface area contributed by atoms with Crippen molar-refractivity contribution in [3.05, 3.63) is 49.7 Å². The first-order chi connectivity index (χ1) is 9.15. The van der Waals surface area contributed by atoms with Crippen LogP contribution in [-0.4, -0.2) is 15.6 Å². The number of hydrogen-bond donors (Lipinski definition) is 0. The van der Waals surface area contributed by atoms with Crippen molar-refractivity contribution in [2.75, 3.05) is 0 Å². The van der Waals surface area contributed by atoms with E-state index in [1.54, 1.807) is 10.9 Å². The highest BCUT2D eigenvalue weighted by atomic mass is 79.9. The Hall–Kier alpha value is -0.980. The van der Waals surface area contributed by atoms with E-state index < -0.39 is 0 Å². The minimum absolute atomic E-state index is 0.0441. The molecule has 0 bridgehead atoms. The Morgan fingerprint density at radius 3 is 2.84 bits per heavy atom. The molecule has 0 aliphatic heterocycles. The first kappa shape index (κ1) is 13.0. The number of Topliss-reactive ketones (excluding diaryl/α,β-unsaturated/α-hetero) is 1. The predicted octanol–water partition coefficient (Wildman–Crippen LogP) is 4.51. The third-order valence-electron chi connectivity index (χ3n) is 2.80. The second-order valence-corrected chi connectivity index (χ2v) is 7.77. The van der Waals surface area contributed by atoms with Crippen LogP contribution in [0.2, 0.25) is 0 Å². The number of rotatable bonds is 3. The molecule has 2 aromatic heterocycles. The van der Waals surface area contributed by atoms with E-state index in [1.165, 1.54) is 11.3 Å². The Labute approximate surface area is 130 Å². The van der Waals surface area contributed by atoms with E-state index in [0.29, 0.717) is 5.56 Å². The number of thiophene rings is 1. The maximum atomic E-state index is 12.3. The molecular weight excluding hydrogens is 392 g/mol. The van der Waals surface area contributed by atoms with Gasteiger partial charge in [-0.3, -0.25) is 9.48 Å². The normalized spacial score (nSPS) is 11.1. The standard InChI is InChI=1S/C13H8Br2N2OS/c14-12-5-9(13(15)19-12)11(18)7-17-10-4-2-1-3-8(10)6-16-17/h1-6H,7H2. The molecule has 1 aromatic carbocycles. The average molecular weight is 400 g/mol. The van der Waals surface area contributed by atoms with E-state index in [-0.39, 0.29) is 12.3 Å². The second-order valence-electron chi connectivity index (χ2n) is 4.02. The SMILES string of the molecule is O=C(Cn1ncc2ccccc21)c1cc(Br)sc1Br. The van der Waals surface area contributed by atoms with Crippen LogP contribution in [0.5, 0.6) is 0 Å². The molecule has 96 valence electrons. The summed E-state index contributed by atoms with van der Waals surface area (Å²) in [6.07, 6.45) is 1.78. The molecule has 0 radical (unpaired) electrons. The number of carbonyl (C=O) groups is 1. The van der Waals surface area contributed by atoms with Gasteiger partial charge in [0.05, 0.1) is 19.3 Å². The fourth-order valence-corrected chi connectivity index (χ4v) is 4.76. The molecule has 0 spiro atoms. The Balaban J connectivity index is 1.93. The van der Waals surface area contributed by atoms with Gasteiger partial charge in [-0.05, 0) is 44.0 Å². The van der Waals surface area contributed by atoms with Gasteiger partial charge in [-0.2, -0.15) is 5.10 Å². The number of halogens is 2. The number of aromatic nitrogens is 2. The molecule has 0 aliphatic rings. The van der Waals surface area contributed by atoms with Crippen LogP contribution in [0, 0.1) is 0 Å². The summed E-state index contributed by atoms with van der Waals surface area (Å²) < 4.78 is 3.52. The third-order valence-corrected chi connectivity index (χ3v) is 5.14. The molecule has 3 nitrogen and oxygen atoms in total. The third kappa shape index (κ3) is 2.52. The van der Waals surface area contributed by atoms with E-state index in [0.717, 1.165) is 18.5 Å². The van der Waals surface area contributed by atoms with Gasteiger partial charge >= 0.3 is 0 Å². The summed E-state index contributed by atoms with van der Waals surface area (Å²) in [4.78, 5) is 12.3. The Morgan fingerprint density at radius 1 is 1.32 bits per heavy atom. The molecule has 0 atom stereocenters. The van der Waals surface area contributed by atoms with Gasteiger partial charge in [0, 0.05) is 10.9 Å². The van der Waals surface area contributed by atoms with Gasteiger partial charge in [0.2, 0.25) is 0 Å². The van der Waals surface area contributed by atoms with E-state index in [9.17, 15) is 4.79 Å². The summed E-state index contributed by atoms with van der Waals surface area (Å²) in [5.41, 5.74) is 1.66. The Morgan fingerprint density at radius 2 is 2.11 bits per heavy atom. The highest BCUT2D eigenvalue weighted by molar-refractivity contribution is 9.12. The van der Waals surface area contributed by atoms with Crippen molar-refractivity contribution in [2.45, 2.75) is 6.54 Å². The molecule has 0 fully saturated rings. The fraction of sp³-hybridized carbons (Fsp3) is 0.0769. The number of benzene rings is 1. The topological polar surface area (TPSA) is 34.9 Å². The van der Waals surface area contributed by atoms with Gasteiger partial charge in [-0.1, -0.05) is 18.2 Å². The van der Waals surface area contributed by atoms with Gasteiger partial charge in [0.25, 0.3) is 0 Å². The summed E-state index contributed by atoms with van der Waals surface area (Å²) in [5, 5.41) is 5.31. The van der Waals surface area contributed by atoms with Crippen LogP contribution >= 0.6 is 43.2 Å². The van der Waals surface area contributed by atoms with Crippen LogP contribution in [0.25, 0.3) is 10.9 Å². The van der Waals surface area contributed by atoms with Gasteiger partial charge in [-0.15, -0.1) is 11.3 Å². The molecular formula is C13H8Br2N2OS. The highest BCUT2D eigenvalue weighted by Crippen LogP contribution is 2.32. The first-order valence-electron chi connectivity index (χ1n) is 5.54. The zero-order chi connectivity index (χ0) is 13.4. The van der Waals surface area contributed by atoms with Gasteiger partial charge in [0.15, 0.2) is 5.78 Å². The molecule has 6 heteroatoms. The van der Waals surface area contributed by atoms with E-state index in [2.05, 4.69) is 37.0 Å². The van der Waals surface area contributed by atoms with Crippen LogP contribution in [0.15, 0.2) is 44.1 Å². The van der Waals surface area contributed by atoms with Crippen molar-refractivity contribution in [1.82, 2.24) is 9.78 Å². The number of nitrogens with zero attached hydrogens (tertiary/aromatic N) is 2. The number of fused-ring (bicyclic) bond motifs is 1. The van der Waals surface area contributed by atoms with E-state index >= 15 is 0 Å². The van der Waals surface area contributed by atoms with Crippen LogP contribution in [0.4, 0.5) is 0 Å². The van der Waals surface area contributed by atoms with Crippen molar-refractivity contribution in [2.24, 2.45) is 0 Å². The second kappa shape index (κ2) is 5.19. The molecule has 0 unspecified atom stereocenters. The van der Waals surface area contributed by atoms with E-state index in [1.807, 2.05) is 30.3 Å². The minimum Gasteiger partial charge on any atom is -0.292 e. The summed E-state index contributed by atoms with van der Waals surface area (Å²) in [5.74, 6) is 0.0441. The summed E-state index contributed by atoms with van der Waals surface area (Å²) >= 11 is 8.29. The first-order valence-corrected chi connectivity index (χ1v) is 7.94. The van der Waals surface area contributed by atoms with E-state index in [4.69, 9.17) is 0 Å². The minimum atomic E-state index is 0.0441. The van der Waals surface area contributed by atoms with Gasteiger partial charge in [-0.25, -0.2) is 0 Å². The Bertz CT molecular complexity index is 763. The molecule has 19 heavy (non-hydrogen) atoms. The highest BCUT2D eigenvalue weighted by Gasteiger charge is 2.15. The summed E-state index contributed by atoms with van der Waals surface area (Å²) in [7, 11) is 0. The maximum absolute atomic E-state index is 12.3. The molecule has 2 heterocycles. The Kier molecular flexibility index (Phi) is 3.56. The summed E-state index contributed by atoms with van der Waals surface area (Å²) in [6.45, 7) is 0.245. The average Bonchev–Trinajstić information content (AvgIpc) is 2.94. The largest absolute Gasteiger partial charge is 0.292 e. The smallest absolute Gasteiger partial charge is 0.186 e. The number of carbonyl (C=O) groups excluding carboxylic acids is 1. The van der Waals surface area contributed by atoms with Crippen LogP contribution in [0.3, 0.4) is 0 Å². The number of hydrogen-bond acceptors (Lipinski definition) is 3. The van der Waals surface area contributed by atoms with Crippen molar-refractivity contribution in [3.63, 3.8) is 0 Å². The zero-order valence-electron chi connectivity index (χ0n) is 9.64. The molecule has 3 rings (SSSR count). The lowest BCUT2D eigenvalue weighted by molar-refractivity contribution is 0.0969. The van der Waals surface area contributed by atoms with Crippen LogP contribution < -0.4 is 0 Å². The van der Waals surface area contributed by atoms with Gasteiger partial charge in [0.1, 0.15) is 6.54 Å². The van der Waals surface area contributed by atoms with Crippen molar-refractivity contribution < 1.29 is 4.79 Å². The molecule has 0 aliphatic carbocycles. The lowest BCUT2D eigenvalue weighted by atomic mass is 10.2. The maximum Gasteiger partial charge on any atom is 0.186 e. The molecule has 0 saturated heterocycles. The van der Waals surface area contributed by atoms with Crippen LogP contribution in [-0.2, 0) is 6.54 Å². The summed E-state index contributed by atoms with van der Waals surface area (Å²) in [6, 6.07) is 9.70. The molecule has 0 amide bonds. The van der Waals surface area contributed by atoms with Crippen molar-refractivity contribution in [1.29, 1.82) is 0 Å². The van der Waals surface area contributed by atoms with Gasteiger partial charge < -0.3 is 0 Å². The number of ketones is 1. The zero-order valence-corrected chi connectivity index (χ0v) is 13.6. The lowest BCUT2D eigenvalue weighted by Gasteiger charge is -2.02. The lowest BCUT2D eigenvalue weighted by Crippen LogP contribution is -2.11.